The highest BCUT2D eigenvalue weighted by atomic mass is 35.5. The van der Waals surface area contributed by atoms with Crippen molar-refractivity contribution in [3.05, 3.63) is 64.7 Å². The molecule has 0 aliphatic carbocycles. The standard InChI is InChI=1S/C14H9ClF3O2/c15-11-5-1-9(2-6-11)13(19)20-12-7-3-10(4-8-12)14(16,17)18/h1-8,13H. The summed E-state index contributed by atoms with van der Waals surface area (Å²) in [6, 6.07) is 10.0. The molecule has 2 rings (SSSR count). The van der Waals surface area contributed by atoms with Crippen molar-refractivity contribution in [3.8, 4) is 5.75 Å². The summed E-state index contributed by atoms with van der Waals surface area (Å²) < 4.78 is 42.2. The van der Waals surface area contributed by atoms with Gasteiger partial charge in [-0.05, 0) is 36.4 Å². The van der Waals surface area contributed by atoms with E-state index in [-0.39, 0.29) is 5.75 Å². The summed E-state index contributed by atoms with van der Waals surface area (Å²) in [6.45, 7) is 0. The van der Waals surface area contributed by atoms with Gasteiger partial charge in [0.25, 0.3) is 6.29 Å². The van der Waals surface area contributed by atoms with Gasteiger partial charge in [-0.3, -0.25) is 0 Å². The second kappa shape index (κ2) is 5.73. The summed E-state index contributed by atoms with van der Waals surface area (Å²) >= 11 is 5.69. The largest absolute Gasteiger partial charge is 0.458 e. The highest BCUT2D eigenvalue weighted by Crippen LogP contribution is 2.31. The van der Waals surface area contributed by atoms with Crippen LogP contribution in [0.4, 0.5) is 13.2 Å². The highest BCUT2D eigenvalue weighted by molar-refractivity contribution is 6.30. The molecule has 0 saturated carbocycles. The molecule has 6 heteroatoms. The van der Waals surface area contributed by atoms with E-state index in [0.717, 1.165) is 24.3 Å². The molecule has 0 heterocycles. The first-order chi connectivity index (χ1) is 9.36. The third kappa shape index (κ3) is 3.65. The van der Waals surface area contributed by atoms with E-state index in [1.54, 1.807) is 0 Å². The van der Waals surface area contributed by atoms with E-state index in [1.165, 1.54) is 24.3 Å². The minimum atomic E-state index is -4.41. The number of benzene rings is 2. The maximum absolute atomic E-state index is 12.4. The molecule has 1 atom stereocenters. The van der Waals surface area contributed by atoms with Gasteiger partial charge in [0.05, 0.1) is 5.56 Å². The SMILES string of the molecule is [O]C(Oc1ccc(C(F)(F)F)cc1)c1ccc(Cl)cc1. The second-order valence-corrected chi connectivity index (χ2v) is 4.46. The molecule has 0 aromatic heterocycles. The van der Waals surface area contributed by atoms with Crippen LogP contribution < -0.4 is 4.74 Å². The summed E-state index contributed by atoms with van der Waals surface area (Å²) in [5, 5.41) is 12.3. The van der Waals surface area contributed by atoms with Gasteiger partial charge in [0.2, 0.25) is 0 Å². The first kappa shape index (κ1) is 14.7. The lowest BCUT2D eigenvalue weighted by molar-refractivity contribution is -0.137. The highest BCUT2D eigenvalue weighted by Gasteiger charge is 2.30. The Morgan fingerprint density at radius 1 is 0.950 bits per heavy atom. The van der Waals surface area contributed by atoms with Gasteiger partial charge in [0, 0.05) is 10.6 Å². The van der Waals surface area contributed by atoms with Crippen LogP contribution in [0.25, 0.3) is 0 Å². The Labute approximate surface area is 118 Å². The number of halogens is 4. The normalized spacial score (nSPS) is 13.1. The van der Waals surface area contributed by atoms with Crippen LogP contribution in [0, 0.1) is 0 Å². The molecule has 1 unspecified atom stereocenters. The predicted molar refractivity (Wildman–Crippen MR) is 67.0 cm³/mol. The number of alkyl halides is 3. The zero-order valence-corrected chi connectivity index (χ0v) is 10.8. The second-order valence-electron chi connectivity index (χ2n) is 4.02. The van der Waals surface area contributed by atoms with Crippen LogP contribution in [0.15, 0.2) is 48.5 Å². The lowest BCUT2D eigenvalue weighted by Crippen LogP contribution is -2.06. The number of hydrogen-bond donors (Lipinski definition) is 0. The maximum Gasteiger partial charge on any atom is 0.416 e. The van der Waals surface area contributed by atoms with Gasteiger partial charge in [-0.2, -0.15) is 18.3 Å². The quantitative estimate of drug-likeness (QED) is 0.744. The van der Waals surface area contributed by atoms with Crippen molar-refractivity contribution >= 4 is 11.6 Å². The number of hydrogen-bond acceptors (Lipinski definition) is 1. The molecule has 0 amide bonds. The van der Waals surface area contributed by atoms with Crippen LogP contribution in [0.2, 0.25) is 5.02 Å². The number of ether oxygens (including phenoxy) is 1. The third-order valence-electron chi connectivity index (χ3n) is 2.57. The van der Waals surface area contributed by atoms with Crippen molar-refractivity contribution in [3.63, 3.8) is 0 Å². The molecule has 2 aromatic carbocycles. The Bertz CT molecular complexity index is 564. The van der Waals surface area contributed by atoms with Crippen LogP contribution in [-0.2, 0) is 11.3 Å². The van der Waals surface area contributed by atoms with Crippen molar-refractivity contribution in [2.24, 2.45) is 0 Å². The van der Waals surface area contributed by atoms with E-state index >= 15 is 0 Å². The Morgan fingerprint density at radius 2 is 1.50 bits per heavy atom. The summed E-state index contributed by atoms with van der Waals surface area (Å²) in [7, 11) is 0. The number of rotatable bonds is 3. The average Bonchev–Trinajstić information content (AvgIpc) is 2.39. The monoisotopic (exact) mass is 301 g/mol. The first-order valence-corrected chi connectivity index (χ1v) is 5.99. The van der Waals surface area contributed by atoms with Crippen molar-refractivity contribution < 1.29 is 23.0 Å². The Balaban J connectivity index is 2.08. The van der Waals surface area contributed by atoms with Crippen LogP contribution in [0.1, 0.15) is 17.4 Å². The zero-order valence-electron chi connectivity index (χ0n) is 10.0. The van der Waals surface area contributed by atoms with Crippen molar-refractivity contribution in [1.82, 2.24) is 0 Å². The minimum absolute atomic E-state index is 0.0768. The lowest BCUT2D eigenvalue weighted by Gasteiger charge is -2.13. The van der Waals surface area contributed by atoms with E-state index in [0.29, 0.717) is 10.6 Å². The van der Waals surface area contributed by atoms with Gasteiger partial charge in [-0.15, -0.1) is 0 Å². The molecular formula is C14H9ClF3O2. The molecule has 0 aliphatic heterocycles. The predicted octanol–water partition coefficient (Wildman–Crippen LogP) is 4.87. The molecule has 0 aliphatic rings. The summed E-state index contributed by atoms with van der Waals surface area (Å²) in [6.07, 6.45) is -5.94. The fourth-order valence-corrected chi connectivity index (χ4v) is 1.66. The Morgan fingerprint density at radius 3 is 2.00 bits per heavy atom. The van der Waals surface area contributed by atoms with Gasteiger partial charge >= 0.3 is 6.18 Å². The van der Waals surface area contributed by atoms with Crippen molar-refractivity contribution in [2.45, 2.75) is 12.5 Å². The molecule has 0 N–H and O–H groups in total. The van der Waals surface area contributed by atoms with Gasteiger partial charge in [0.1, 0.15) is 5.75 Å². The zero-order chi connectivity index (χ0) is 14.8. The van der Waals surface area contributed by atoms with Crippen LogP contribution >= 0.6 is 11.6 Å². The molecule has 2 aromatic rings. The molecule has 0 saturated heterocycles. The van der Waals surface area contributed by atoms with Crippen LogP contribution in [-0.4, -0.2) is 0 Å². The van der Waals surface area contributed by atoms with Crippen LogP contribution in [0.5, 0.6) is 5.75 Å². The molecule has 0 bridgehead atoms. The van der Waals surface area contributed by atoms with Crippen molar-refractivity contribution in [1.29, 1.82) is 0 Å². The van der Waals surface area contributed by atoms with Gasteiger partial charge in [0.15, 0.2) is 0 Å². The summed E-state index contributed by atoms with van der Waals surface area (Å²) in [5.74, 6) is 0.0768. The fourth-order valence-electron chi connectivity index (χ4n) is 1.53. The molecule has 1 radical (unpaired) electrons. The molecular weight excluding hydrogens is 293 g/mol. The molecule has 0 spiro atoms. The Kier molecular flexibility index (Phi) is 4.20. The summed E-state index contributed by atoms with van der Waals surface area (Å²) in [5.41, 5.74) is -0.451. The minimum Gasteiger partial charge on any atom is -0.458 e. The van der Waals surface area contributed by atoms with Crippen LogP contribution in [0.3, 0.4) is 0 Å². The maximum atomic E-state index is 12.4. The van der Waals surface area contributed by atoms with Gasteiger partial charge in [-0.1, -0.05) is 23.7 Å². The van der Waals surface area contributed by atoms with E-state index in [1.807, 2.05) is 0 Å². The first-order valence-electron chi connectivity index (χ1n) is 5.61. The van der Waals surface area contributed by atoms with E-state index in [9.17, 15) is 18.3 Å². The third-order valence-corrected chi connectivity index (χ3v) is 2.82. The topological polar surface area (TPSA) is 29.1 Å². The lowest BCUT2D eigenvalue weighted by atomic mass is 10.2. The average molecular weight is 302 g/mol. The van der Waals surface area contributed by atoms with E-state index in [4.69, 9.17) is 16.3 Å². The molecule has 105 valence electrons. The van der Waals surface area contributed by atoms with Gasteiger partial charge in [-0.25, -0.2) is 0 Å². The molecule has 2 nitrogen and oxygen atoms in total. The van der Waals surface area contributed by atoms with E-state index in [2.05, 4.69) is 0 Å². The van der Waals surface area contributed by atoms with Gasteiger partial charge < -0.3 is 4.74 Å². The molecule has 20 heavy (non-hydrogen) atoms. The molecule has 0 fully saturated rings. The smallest absolute Gasteiger partial charge is 0.416 e. The van der Waals surface area contributed by atoms with E-state index < -0.39 is 18.0 Å². The fraction of sp³-hybridized carbons (Fsp3) is 0.143. The van der Waals surface area contributed by atoms with Crippen molar-refractivity contribution in [2.75, 3.05) is 0 Å². The summed E-state index contributed by atoms with van der Waals surface area (Å²) in [4.78, 5) is 0. The Hall–Kier alpha value is -1.72.